The largest absolute Gasteiger partial charge is 0.497 e. The molecule has 6 heteroatoms. The Labute approximate surface area is 164 Å². The second-order valence-electron chi connectivity index (χ2n) is 6.95. The fourth-order valence-electron chi connectivity index (χ4n) is 3.49. The molecular weight excluding hydrogens is 364 g/mol. The number of anilines is 1. The Kier molecular flexibility index (Phi) is 5.92. The third-order valence-corrected chi connectivity index (χ3v) is 5.90. The molecule has 2 aromatic carbocycles. The summed E-state index contributed by atoms with van der Waals surface area (Å²) in [5.74, 6) is 0.622. The molecule has 0 aliphatic carbocycles. The first-order valence-electron chi connectivity index (χ1n) is 9.02. The van der Waals surface area contributed by atoms with Crippen molar-refractivity contribution in [1.29, 1.82) is 0 Å². The van der Waals surface area contributed by atoms with E-state index in [0.29, 0.717) is 36.0 Å². The molecule has 1 aliphatic heterocycles. The zero-order chi connectivity index (χ0) is 19.4. The molecule has 0 radical (unpaired) electrons. The Balaban J connectivity index is 1.81. The Morgan fingerprint density at radius 2 is 1.89 bits per heavy atom. The maximum absolute atomic E-state index is 12.8. The van der Waals surface area contributed by atoms with Crippen molar-refractivity contribution in [1.82, 2.24) is 5.32 Å². The lowest BCUT2D eigenvalue weighted by Gasteiger charge is -2.38. The van der Waals surface area contributed by atoms with E-state index in [1.54, 1.807) is 19.2 Å². The fraction of sp³-hybridized carbons (Fsp3) is 0.381. The van der Waals surface area contributed by atoms with Crippen LogP contribution in [-0.4, -0.2) is 32.8 Å². The summed E-state index contributed by atoms with van der Waals surface area (Å²) in [5, 5.41) is 3.47. The van der Waals surface area contributed by atoms with Gasteiger partial charge in [-0.2, -0.15) is 0 Å². The minimum atomic E-state index is -0.192. The van der Waals surface area contributed by atoms with Crippen LogP contribution in [0, 0.1) is 6.92 Å². The van der Waals surface area contributed by atoms with E-state index in [2.05, 4.69) is 17.4 Å². The quantitative estimate of drug-likeness (QED) is 0.765. The molecule has 3 rings (SSSR count). The molecule has 5 nitrogen and oxygen atoms in total. The second kappa shape index (κ2) is 8.19. The van der Waals surface area contributed by atoms with Crippen molar-refractivity contribution in [2.45, 2.75) is 25.2 Å². The maximum atomic E-state index is 12.8. The molecule has 0 atom stereocenters. The lowest BCUT2D eigenvalue weighted by Crippen LogP contribution is -2.44. The molecule has 0 unspecified atom stereocenters. The summed E-state index contributed by atoms with van der Waals surface area (Å²) >= 11 is 6.33. The van der Waals surface area contributed by atoms with Crippen molar-refractivity contribution < 1.29 is 14.3 Å². The van der Waals surface area contributed by atoms with Crippen molar-refractivity contribution in [3.63, 3.8) is 0 Å². The molecule has 0 saturated carbocycles. The summed E-state index contributed by atoms with van der Waals surface area (Å²) in [5.41, 5.74) is 8.61. The van der Waals surface area contributed by atoms with Crippen LogP contribution in [0.1, 0.15) is 34.3 Å². The van der Waals surface area contributed by atoms with Gasteiger partial charge in [-0.1, -0.05) is 23.7 Å². The molecular formula is C21H25ClN2O3. The zero-order valence-corrected chi connectivity index (χ0v) is 16.4. The van der Waals surface area contributed by atoms with E-state index in [1.807, 2.05) is 19.1 Å². The Morgan fingerprint density at radius 3 is 2.52 bits per heavy atom. The van der Waals surface area contributed by atoms with Gasteiger partial charge in [-0.05, 0) is 55.2 Å². The number of ether oxygens (including phenoxy) is 2. The third-order valence-electron chi connectivity index (χ3n) is 5.41. The number of nitrogens with one attached hydrogen (secondary N) is 1. The lowest BCUT2D eigenvalue weighted by molar-refractivity contribution is 0.0487. The molecule has 1 fully saturated rings. The van der Waals surface area contributed by atoms with Gasteiger partial charge in [0.25, 0.3) is 5.91 Å². The van der Waals surface area contributed by atoms with Gasteiger partial charge in [-0.15, -0.1) is 0 Å². The average Bonchev–Trinajstić information content (AvgIpc) is 2.71. The van der Waals surface area contributed by atoms with Crippen molar-refractivity contribution in [3.05, 3.63) is 58.1 Å². The minimum Gasteiger partial charge on any atom is -0.497 e. The molecule has 1 amide bonds. The highest BCUT2D eigenvalue weighted by atomic mass is 35.5. The molecule has 0 spiro atoms. The summed E-state index contributed by atoms with van der Waals surface area (Å²) in [6.45, 7) is 3.67. The molecule has 0 bridgehead atoms. The molecule has 2 aromatic rings. The van der Waals surface area contributed by atoms with Crippen LogP contribution in [0.25, 0.3) is 0 Å². The molecule has 3 N–H and O–H groups in total. The summed E-state index contributed by atoms with van der Waals surface area (Å²) in [7, 11) is 1.65. The maximum Gasteiger partial charge on any atom is 0.252 e. The number of nitrogens with two attached hydrogens (primary N) is 1. The van der Waals surface area contributed by atoms with Crippen molar-refractivity contribution in [3.8, 4) is 5.75 Å². The highest BCUT2D eigenvalue weighted by molar-refractivity contribution is 6.35. The first-order valence-corrected chi connectivity index (χ1v) is 9.40. The van der Waals surface area contributed by atoms with Crippen LogP contribution >= 0.6 is 11.6 Å². The number of carbonyl (C=O) groups excluding carboxylic acids is 1. The lowest BCUT2D eigenvalue weighted by atomic mass is 9.74. The molecule has 1 heterocycles. The summed E-state index contributed by atoms with van der Waals surface area (Å²) < 4.78 is 10.8. The standard InChI is InChI=1S/C21H25ClN2O3/c1-14-18(23)8-7-17(19(14)22)20(25)24-13-21(9-11-27-12-10-21)15-3-5-16(26-2)6-4-15/h3-8H,9-13,23H2,1-2H3,(H,24,25). The number of methoxy groups -OCH3 is 1. The SMILES string of the molecule is COc1ccc(C2(CNC(=O)c3ccc(N)c(C)c3Cl)CCOCC2)cc1. The molecule has 144 valence electrons. The number of halogens is 1. The number of rotatable bonds is 5. The van der Waals surface area contributed by atoms with E-state index in [9.17, 15) is 4.79 Å². The van der Waals surface area contributed by atoms with Gasteiger partial charge in [0.2, 0.25) is 0 Å². The highest BCUT2D eigenvalue weighted by Crippen LogP contribution is 2.35. The topological polar surface area (TPSA) is 73.6 Å². The normalized spacial score (nSPS) is 16.0. The summed E-state index contributed by atoms with van der Waals surface area (Å²) in [4.78, 5) is 12.8. The Morgan fingerprint density at radius 1 is 1.22 bits per heavy atom. The van der Waals surface area contributed by atoms with Crippen molar-refractivity contribution in [2.75, 3.05) is 32.6 Å². The van der Waals surface area contributed by atoms with Crippen LogP contribution in [0.3, 0.4) is 0 Å². The van der Waals surface area contributed by atoms with Crippen LogP contribution in [0.15, 0.2) is 36.4 Å². The smallest absolute Gasteiger partial charge is 0.252 e. The van der Waals surface area contributed by atoms with Crippen molar-refractivity contribution in [2.24, 2.45) is 0 Å². The molecule has 27 heavy (non-hydrogen) atoms. The van der Waals surface area contributed by atoms with Gasteiger partial charge in [0.05, 0.1) is 17.7 Å². The van der Waals surface area contributed by atoms with E-state index >= 15 is 0 Å². The minimum absolute atomic E-state index is 0.171. The monoisotopic (exact) mass is 388 g/mol. The number of nitrogen functional groups attached to an aromatic ring is 1. The fourth-order valence-corrected chi connectivity index (χ4v) is 3.75. The molecule has 1 saturated heterocycles. The van der Waals surface area contributed by atoms with Crippen LogP contribution in [-0.2, 0) is 10.2 Å². The first-order chi connectivity index (χ1) is 13.0. The van der Waals surface area contributed by atoms with Gasteiger partial charge in [-0.3, -0.25) is 4.79 Å². The highest BCUT2D eigenvalue weighted by Gasteiger charge is 2.35. The van der Waals surface area contributed by atoms with Crippen LogP contribution in [0.5, 0.6) is 5.75 Å². The Hall–Kier alpha value is -2.24. The number of amides is 1. The predicted molar refractivity (Wildman–Crippen MR) is 108 cm³/mol. The zero-order valence-electron chi connectivity index (χ0n) is 15.7. The number of hydrogen-bond donors (Lipinski definition) is 2. The number of carbonyl (C=O) groups is 1. The van der Waals surface area contributed by atoms with Crippen LogP contribution in [0.4, 0.5) is 5.69 Å². The van der Waals surface area contributed by atoms with Gasteiger partial charge in [-0.25, -0.2) is 0 Å². The van der Waals surface area contributed by atoms with Crippen LogP contribution < -0.4 is 15.8 Å². The second-order valence-corrected chi connectivity index (χ2v) is 7.32. The van der Waals surface area contributed by atoms with Crippen molar-refractivity contribution >= 4 is 23.2 Å². The van der Waals surface area contributed by atoms with E-state index in [-0.39, 0.29) is 11.3 Å². The van der Waals surface area contributed by atoms with Gasteiger partial charge < -0.3 is 20.5 Å². The predicted octanol–water partition coefficient (Wildman–Crippen LogP) is 3.72. The van der Waals surface area contributed by atoms with Crippen LogP contribution in [0.2, 0.25) is 5.02 Å². The summed E-state index contributed by atoms with van der Waals surface area (Å²) in [6.07, 6.45) is 1.68. The van der Waals surface area contributed by atoms with Gasteiger partial charge in [0.1, 0.15) is 5.75 Å². The first kappa shape index (κ1) is 19.5. The average molecular weight is 389 g/mol. The van der Waals surface area contributed by atoms with Gasteiger partial charge in [0, 0.05) is 30.9 Å². The number of hydrogen-bond acceptors (Lipinski definition) is 4. The summed E-state index contributed by atoms with van der Waals surface area (Å²) in [6, 6.07) is 11.4. The van der Waals surface area contributed by atoms with Gasteiger partial charge >= 0.3 is 0 Å². The third kappa shape index (κ3) is 4.04. The Bertz CT molecular complexity index is 815. The van der Waals surface area contributed by atoms with E-state index < -0.39 is 0 Å². The number of benzene rings is 2. The van der Waals surface area contributed by atoms with Gasteiger partial charge in [0.15, 0.2) is 0 Å². The van der Waals surface area contributed by atoms with E-state index in [1.165, 1.54) is 5.56 Å². The molecule has 0 aromatic heterocycles. The van der Waals surface area contributed by atoms with E-state index in [4.69, 9.17) is 26.8 Å². The molecule has 1 aliphatic rings. The van der Waals surface area contributed by atoms with E-state index in [0.717, 1.165) is 24.2 Å².